The van der Waals surface area contributed by atoms with Gasteiger partial charge in [-0.05, 0) is 44.0 Å². The molecule has 0 saturated carbocycles. The van der Waals surface area contributed by atoms with E-state index < -0.39 is 0 Å². The Kier molecular flexibility index (Phi) is 5.22. The first-order valence-electron chi connectivity index (χ1n) is 11.6. The third-order valence-corrected chi connectivity index (χ3v) is 7.50. The largest absolute Gasteiger partial charge is 0.360 e. The van der Waals surface area contributed by atoms with Crippen molar-refractivity contribution >= 4 is 22.5 Å². The number of fused-ring (bicyclic) bond motifs is 3. The van der Waals surface area contributed by atoms with Crippen molar-refractivity contribution in [2.24, 2.45) is 0 Å². The van der Waals surface area contributed by atoms with E-state index in [1.54, 1.807) is 0 Å². The molecule has 31 heavy (non-hydrogen) atoms. The molecule has 5 rings (SSSR count). The Labute approximate surface area is 184 Å². The molecule has 3 heterocycles. The molecule has 5 nitrogen and oxygen atoms in total. The van der Waals surface area contributed by atoms with Crippen LogP contribution in [-0.4, -0.2) is 54.6 Å². The lowest BCUT2D eigenvalue weighted by Crippen LogP contribution is -3.19. The molecule has 0 aliphatic carbocycles. The summed E-state index contributed by atoms with van der Waals surface area (Å²) in [7, 11) is 0. The molecular weight excluding hydrogens is 384 g/mol. The fourth-order valence-electron chi connectivity index (χ4n) is 5.35. The van der Waals surface area contributed by atoms with Gasteiger partial charge in [-0.15, -0.1) is 0 Å². The Morgan fingerprint density at radius 2 is 1.81 bits per heavy atom. The van der Waals surface area contributed by atoms with Crippen LogP contribution in [0.15, 0.2) is 42.5 Å². The second kappa shape index (κ2) is 8.04. The van der Waals surface area contributed by atoms with Crippen LogP contribution >= 0.6 is 0 Å². The molecular formula is C26H33N4O+. The number of hydrogen-bond donors (Lipinski definition) is 2. The summed E-state index contributed by atoms with van der Waals surface area (Å²) < 4.78 is 0. The molecule has 2 aromatic carbocycles. The lowest BCUT2D eigenvalue weighted by molar-refractivity contribution is -0.915. The maximum absolute atomic E-state index is 13.4. The summed E-state index contributed by atoms with van der Waals surface area (Å²) in [6.07, 6.45) is 0.915. The number of carbonyl (C=O) groups is 1. The Hall–Kier alpha value is -2.79. The van der Waals surface area contributed by atoms with Crippen LogP contribution in [0.25, 0.3) is 10.9 Å². The number of para-hydroxylation sites is 1. The predicted molar refractivity (Wildman–Crippen MR) is 126 cm³/mol. The molecule has 0 unspecified atom stereocenters. The summed E-state index contributed by atoms with van der Waals surface area (Å²) in [6.45, 7) is 12.1. The molecule has 2 N–H and O–H groups in total. The fraction of sp³-hybridized carbons (Fsp3) is 0.423. The maximum Gasteiger partial charge on any atom is 0.280 e. The standard InChI is InChI=1S/C26H32N4O/c1-18-7-6-10-25(19(18)2)29-15-13-28(14-16-29)20(3)26(31)30-12-11-24-22(17-30)21-8-4-5-9-23(21)27-24/h4-10,20,27H,11-17H2,1-3H3/p+1/t20-/m0/s1. The minimum absolute atomic E-state index is 0.00696. The smallest absolute Gasteiger partial charge is 0.280 e. The van der Waals surface area contributed by atoms with Gasteiger partial charge >= 0.3 is 0 Å². The van der Waals surface area contributed by atoms with Gasteiger partial charge in [0, 0.05) is 47.4 Å². The quantitative estimate of drug-likeness (QED) is 0.688. The monoisotopic (exact) mass is 417 g/mol. The zero-order chi connectivity index (χ0) is 21.5. The van der Waals surface area contributed by atoms with E-state index in [0.717, 1.165) is 45.7 Å². The number of H-pyrrole nitrogens is 1. The van der Waals surface area contributed by atoms with Crippen molar-refractivity contribution in [1.29, 1.82) is 0 Å². The number of anilines is 1. The first-order valence-corrected chi connectivity index (χ1v) is 11.6. The number of piperazine rings is 1. The van der Waals surface area contributed by atoms with Gasteiger partial charge in [-0.25, -0.2) is 0 Å². The van der Waals surface area contributed by atoms with Crippen LogP contribution in [0.1, 0.15) is 29.3 Å². The molecule has 1 atom stereocenters. The van der Waals surface area contributed by atoms with Crippen LogP contribution < -0.4 is 9.80 Å². The molecule has 5 heteroatoms. The van der Waals surface area contributed by atoms with E-state index in [1.165, 1.54) is 43.9 Å². The molecule has 0 radical (unpaired) electrons. The zero-order valence-corrected chi connectivity index (χ0v) is 18.9. The van der Waals surface area contributed by atoms with E-state index in [9.17, 15) is 4.79 Å². The topological polar surface area (TPSA) is 43.8 Å². The van der Waals surface area contributed by atoms with Gasteiger partial charge in [0.25, 0.3) is 5.91 Å². The number of carbonyl (C=O) groups excluding carboxylic acids is 1. The van der Waals surface area contributed by atoms with Gasteiger partial charge in [-0.3, -0.25) is 4.79 Å². The van der Waals surface area contributed by atoms with Crippen molar-refractivity contribution in [3.63, 3.8) is 0 Å². The minimum atomic E-state index is 0.00696. The Balaban J connectivity index is 1.24. The third-order valence-electron chi connectivity index (χ3n) is 7.50. The van der Waals surface area contributed by atoms with Crippen LogP contribution in [0.4, 0.5) is 5.69 Å². The van der Waals surface area contributed by atoms with Crippen LogP contribution in [0.2, 0.25) is 0 Å². The third kappa shape index (κ3) is 3.61. The number of hydrogen-bond acceptors (Lipinski definition) is 2. The fourth-order valence-corrected chi connectivity index (χ4v) is 5.35. The average molecular weight is 418 g/mol. The summed E-state index contributed by atoms with van der Waals surface area (Å²) in [5.74, 6) is 0.297. The Morgan fingerprint density at radius 3 is 2.61 bits per heavy atom. The van der Waals surface area contributed by atoms with Crippen LogP contribution in [0.5, 0.6) is 0 Å². The van der Waals surface area contributed by atoms with Crippen molar-refractivity contribution in [2.45, 2.75) is 39.8 Å². The van der Waals surface area contributed by atoms with E-state index in [4.69, 9.17) is 0 Å². The number of aryl methyl sites for hydroxylation is 1. The summed E-state index contributed by atoms with van der Waals surface area (Å²) in [4.78, 5) is 22.9. The number of nitrogens with one attached hydrogen (secondary N) is 2. The maximum atomic E-state index is 13.4. The van der Waals surface area contributed by atoms with Gasteiger partial charge in [-0.2, -0.15) is 0 Å². The molecule has 3 aromatic rings. The highest BCUT2D eigenvalue weighted by molar-refractivity contribution is 5.86. The number of quaternary nitrogens is 1. The first-order chi connectivity index (χ1) is 15.0. The van der Waals surface area contributed by atoms with E-state index in [2.05, 4.69) is 78.0 Å². The normalized spacial score (nSPS) is 18.3. The van der Waals surface area contributed by atoms with E-state index >= 15 is 0 Å². The van der Waals surface area contributed by atoms with Gasteiger partial charge in [0.05, 0.1) is 26.2 Å². The number of benzene rings is 2. The molecule has 1 amide bonds. The van der Waals surface area contributed by atoms with Crippen molar-refractivity contribution in [2.75, 3.05) is 37.6 Å². The SMILES string of the molecule is Cc1cccc(N2CC[NH+]([C@@H](C)C(=O)N3CCc4[nH]c5ccccc5c4C3)CC2)c1C. The van der Waals surface area contributed by atoms with Crippen LogP contribution in [0.3, 0.4) is 0 Å². The lowest BCUT2D eigenvalue weighted by Gasteiger charge is -2.38. The average Bonchev–Trinajstić information content (AvgIpc) is 3.18. The lowest BCUT2D eigenvalue weighted by atomic mass is 10.0. The Bertz CT molecular complexity index is 1110. The number of aromatic amines is 1. The van der Waals surface area contributed by atoms with Crippen molar-refractivity contribution < 1.29 is 9.69 Å². The van der Waals surface area contributed by atoms with Crippen LogP contribution in [-0.2, 0) is 17.8 Å². The Morgan fingerprint density at radius 1 is 1.03 bits per heavy atom. The highest BCUT2D eigenvalue weighted by atomic mass is 16.2. The molecule has 0 spiro atoms. The summed E-state index contributed by atoms with van der Waals surface area (Å²) in [5, 5.41) is 1.26. The number of aromatic nitrogens is 1. The second-order valence-corrected chi connectivity index (χ2v) is 9.22. The minimum Gasteiger partial charge on any atom is -0.360 e. The first kappa shape index (κ1) is 20.1. The molecule has 0 bridgehead atoms. The highest BCUT2D eigenvalue weighted by Crippen LogP contribution is 2.28. The molecule has 1 fully saturated rings. The predicted octanol–water partition coefficient (Wildman–Crippen LogP) is 2.46. The van der Waals surface area contributed by atoms with Gasteiger partial charge < -0.3 is 19.7 Å². The zero-order valence-electron chi connectivity index (χ0n) is 18.9. The highest BCUT2D eigenvalue weighted by Gasteiger charge is 2.34. The summed E-state index contributed by atoms with van der Waals surface area (Å²) in [6, 6.07) is 15.0. The van der Waals surface area contributed by atoms with Crippen LogP contribution in [0, 0.1) is 13.8 Å². The van der Waals surface area contributed by atoms with E-state index in [1.807, 2.05) is 0 Å². The summed E-state index contributed by atoms with van der Waals surface area (Å²) in [5.41, 5.74) is 7.85. The van der Waals surface area contributed by atoms with E-state index in [-0.39, 0.29) is 6.04 Å². The number of amides is 1. The van der Waals surface area contributed by atoms with Gasteiger partial charge in [0.1, 0.15) is 0 Å². The van der Waals surface area contributed by atoms with Crippen molar-refractivity contribution in [1.82, 2.24) is 9.88 Å². The van der Waals surface area contributed by atoms with Gasteiger partial charge in [0.15, 0.2) is 6.04 Å². The van der Waals surface area contributed by atoms with Crippen molar-refractivity contribution in [3.8, 4) is 0 Å². The van der Waals surface area contributed by atoms with Gasteiger partial charge in [-0.1, -0.05) is 30.3 Å². The molecule has 162 valence electrons. The number of nitrogens with zero attached hydrogens (tertiary/aromatic N) is 2. The van der Waals surface area contributed by atoms with Gasteiger partial charge in [0.2, 0.25) is 0 Å². The molecule has 1 aromatic heterocycles. The summed E-state index contributed by atoms with van der Waals surface area (Å²) >= 11 is 0. The second-order valence-electron chi connectivity index (χ2n) is 9.22. The van der Waals surface area contributed by atoms with E-state index in [0.29, 0.717) is 5.91 Å². The number of rotatable bonds is 3. The van der Waals surface area contributed by atoms with Crippen molar-refractivity contribution in [3.05, 3.63) is 64.8 Å². The molecule has 2 aliphatic rings. The molecule has 2 aliphatic heterocycles. The molecule has 1 saturated heterocycles.